The second kappa shape index (κ2) is 7.65. The standard InChI is InChI=1S/C21H28N2O4S2/c1-16-15-17(23-13-7-8-14-28(23,24)25)11-12-20(16)29(26,27)22-19-10-6-5-9-18(19)21(2,3)4/h5-6,9-12,15,22H,7-8,13-14H2,1-4H3. The second-order valence-corrected chi connectivity index (χ2v) is 12.1. The van der Waals surface area contributed by atoms with Crippen LogP contribution in [0.4, 0.5) is 11.4 Å². The molecule has 1 N–H and O–H groups in total. The molecule has 1 aliphatic rings. The van der Waals surface area contributed by atoms with Crippen LogP contribution in [-0.4, -0.2) is 29.1 Å². The Morgan fingerprint density at radius 2 is 1.72 bits per heavy atom. The first-order chi connectivity index (χ1) is 13.4. The molecule has 0 amide bonds. The molecule has 158 valence electrons. The van der Waals surface area contributed by atoms with Gasteiger partial charge in [-0.1, -0.05) is 39.0 Å². The average Bonchev–Trinajstić information content (AvgIpc) is 2.60. The van der Waals surface area contributed by atoms with E-state index in [9.17, 15) is 16.8 Å². The van der Waals surface area contributed by atoms with E-state index in [2.05, 4.69) is 4.72 Å². The van der Waals surface area contributed by atoms with E-state index in [-0.39, 0.29) is 16.1 Å². The van der Waals surface area contributed by atoms with Gasteiger partial charge in [0.2, 0.25) is 10.0 Å². The summed E-state index contributed by atoms with van der Waals surface area (Å²) in [6.07, 6.45) is 1.45. The van der Waals surface area contributed by atoms with Gasteiger partial charge in [0.05, 0.1) is 22.0 Å². The summed E-state index contributed by atoms with van der Waals surface area (Å²) in [6.45, 7) is 8.19. The van der Waals surface area contributed by atoms with E-state index in [0.717, 1.165) is 12.0 Å². The van der Waals surface area contributed by atoms with Crippen LogP contribution in [0, 0.1) is 6.92 Å². The third-order valence-electron chi connectivity index (χ3n) is 5.06. The maximum atomic E-state index is 13.1. The van der Waals surface area contributed by atoms with Crippen molar-refractivity contribution >= 4 is 31.4 Å². The zero-order valence-electron chi connectivity index (χ0n) is 17.3. The van der Waals surface area contributed by atoms with Gasteiger partial charge in [0.1, 0.15) is 0 Å². The van der Waals surface area contributed by atoms with Gasteiger partial charge in [0.15, 0.2) is 0 Å². The first-order valence-electron chi connectivity index (χ1n) is 9.65. The zero-order valence-corrected chi connectivity index (χ0v) is 18.9. The molecule has 2 aromatic rings. The lowest BCUT2D eigenvalue weighted by Gasteiger charge is -2.28. The van der Waals surface area contributed by atoms with Crippen molar-refractivity contribution in [3.8, 4) is 0 Å². The molecule has 0 radical (unpaired) electrons. The van der Waals surface area contributed by atoms with Gasteiger partial charge in [-0.15, -0.1) is 0 Å². The summed E-state index contributed by atoms with van der Waals surface area (Å²) in [7, 11) is -7.16. The first-order valence-corrected chi connectivity index (χ1v) is 12.7. The molecule has 0 atom stereocenters. The minimum absolute atomic E-state index is 0.122. The summed E-state index contributed by atoms with van der Waals surface area (Å²) in [5.74, 6) is 0.122. The number of hydrogen-bond acceptors (Lipinski definition) is 4. The number of aryl methyl sites for hydroxylation is 1. The molecular weight excluding hydrogens is 408 g/mol. The predicted octanol–water partition coefficient (Wildman–Crippen LogP) is 4.02. The number of rotatable bonds is 4. The molecule has 0 aliphatic carbocycles. The lowest BCUT2D eigenvalue weighted by atomic mass is 9.86. The Balaban J connectivity index is 1.95. The normalized spacial score (nSPS) is 17.2. The zero-order chi connectivity index (χ0) is 21.4. The second-order valence-electron chi connectivity index (χ2n) is 8.45. The van der Waals surface area contributed by atoms with Crippen molar-refractivity contribution in [2.24, 2.45) is 0 Å². The molecule has 6 nitrogen and oxygen atoms in total. The molecule has 0 bridgehead atoms. The molecule has 3 rings (SSSR count). The molecule has 29 heavy (non-hydrogen) atoms. The highest BCUT2D eigenvalue weighted by Crippen LogP contribution is 2.32. The molecule has 1 fully saturated rings. The third kappa shape index (κ3) is 4.59. The van der Waals surface area contributed by atoms with Crippen molar-refractivity contribution in [3.05, 3.63) is 53.6 Å². The Bertz CT molecular complexity index is 1120. The quantitative estimate of drug-likeness (QED) is 0.784. The Morgan fingerprint density at radius 1 is 1.03 bits per heavy atom. The molecule has 8 heteroatoms. The van der Waals surface area contributed by atoms with Crippen molar-refractivity contribution < 1.29 is 16.8 Å². The van der Waals surface area contributed by atoms with E-state index in [0.29, 0.717) is 29.9 Å². The van der Waals surface area contributed by atoms with Gasteiger partial charge in [-0.05, 0) is 60.6 Å². The van der Waals surface area contributed by atoms with Crippen LogP contribution in [0.5, 0.6) is 0 Å². The molecule has 1 aliphatic heterocycles. The summed E-state index contributed by atoms with van der Waals surface area (Å²) < 4.78 is 54.9. The average molecular weight is 437 g/mol. The van der Waals surface area contributed by atoms with Crippen molar-refractivity contribution in [1.82, 2.24) is 0 Å². The number of benzene rings is 2. The van der Waals surface area contributed by atoms with Crippen LogP contribution in [0.2, 0.25) is 0 Å². The van der Waals surface area contributed by atoms with Gasteiger partial charge in [-0.2, -0.15) is 0 Å². The number of para-hydroxylation sites is 1. The molecule has 0 aromatic heterocycles. The number of sulfonamides is 2. The monoisotopic (exact) mass is 436 g/mol. The van der Waals surface area contributed by atoms with E-state index in [1.807, 2.05) is 32.9 Å². The van der Waals surface area contributed by atoms with E-state index >= 15 is 0 Å². The van der Waals surface area contributed by atoms with E-state index < -0.39 is 20.0 Å². The highest BCUT2D eigenvalue weighted by molar-refractivity contribution is 7.93. The third-order valence-corrected chi connectivity index (χ3v) is 8.46. The van der Waals surface area contributed by atoms with Crippen LogP contribution < -0.4 is 9.03 Å². The number of hydrogen-bond donors (Lipinski definition) is 1. The van der Waals surface area contributed by atoms with Crippen molar-refractivity contribution in [3.63, 3.8) is 0 Å². The predicted molar refractivity (Wildman–Crippen MR) is 117 cm³/mol. The fourth-order valence-corrected chi connectivity index (χ4v) is 6.53. The van der Waals surface area contributed by atoms with Gasteiger partial charge < -0.3 is 0 Å². The Labute approximate surface area is 174 Å². The number of nitrogens with one attached hydrogen (secondary N) is 1. The van der Waals surface area contributed by atoms with Crippen LogP contribution in [0.1, 0.15) is 44.7 Å². The summed E-state index contributed by atoms with van der Waals surface area (Å²) in [5.41, 5.74) is 2.24. The Hall–Kier alpha value is -2.06. The van der Waals surface area contributed by atoms with Crippen LogP contribution in [0.25, 0.3) is 0 Å². The van der Waals surface area contributed by atoms with Crippen LogP contribution in [0.3, 0.4) is 0 Å². The van der Waals surface area contributed by atoms with Gasteiger partial charge in [0, 0.05) is 6.54 Å². The lowest BCUT2D eigenvalue weighted by molar-refractivity contribution is 0.574. The minimum atomic E-state index is -3.82. The molecule has 0 spiro atoms. The van der Waals surface area contributed by atoms with Crippen LogP contribution in [-0.2, 0) is 25.5 Å². The van der Waals surface area contributed by atoms with Crippen molar-refractivity contribution in [2.45, 2.75) is 50.8 Å². The van der Waals surface area contributed by atoms with Gasteiger partial charge in [-0.25, -0.2) is 16.8 Å². The van der Waals surface area contributed by atoms with Crippen LogP contribution in [0.15, 0.2) is 47.4 Å². The Morgan fingerprint density at radius 3 is 2.34 bits per heavy atom. The van der Waals surface area contributed by atoms with Gasteiger partial charge in [-0.3, -0.25) is 9.03 Å². The summed E-state index contributed by atoms with van der Waals surface area (Å²) in [6, 6.07) is 12.0. The molecule has 0 unspecified atom stereocenters. The lowest BCUT2D eigenvalue weighted by Crippen LogP contribution is -2.37. The molecule has 1 heterocycles. The molecular formula is C21H28N2O4S2. The Kier molecular flexibility index (Phi) is 5.71. The van der Waals surface area contributed by atoms with Crippen molar-refractivity contribution in [1.29, 1.82) is 0 Å². The maximum Gasteiger partial charge on any atom is 0.262 e. The minimum Gasteiger partial charge on any atom is -0.279 e. The largest absolute Gasteiger partial charge is 0.279 e. The van der Waals surface area contributed by atoms with E-state index in [1.165, 1.54) is 10.4 Å². The van der Waals surface area contributed by atoms with E-state index in [4.69, 9.17) is 0 Å². The first kappa shape index (κ1) is 21.6. The molecule has 1 saturated heterocycles. The van der Waals surface area contributed by atoms with Crippen LogP contribution >= 0.6 is 0 Å². The fraction of sp³-hybridized carbons (Fsp3) is 0.429. The number of nitrogens with zero attached hydrogens (tertiary/aromatic N) is 1. The molecule has 2 aromatic carbocycles. The topological polar surface area (TPSA) is 83.6 Å². The summed E-state index contributed by atoms with van der Waals surface area (Å²) in [5, 5.41) is 0. The smallest absolute Gasteiger partial charge is 0.262 e. The fourth-order valence-electron chi connectivity index (χ4n) is 3.59. The SMILES string of the molecule is Cc1cc(N2CCCCS2(=O)=O)ccc1S(=O)(=O)Nc1ccccc1C(C)(C)C. The van der Waals surface area contributed by atoms with Gasteiger partial charge in [0.25, 0.3) is 10.0 Å². The van der Waals surface area contributed by atoms with Crippen molar-refractivity contribution in [2.75, 3.05) is 21.3 Å². The maximum absolute atomic E-state index is 13.1. The van der Waals surface area contributed by atoms with E-state index in [1.54, 1.807) is 31.2 Å². The summed E-state index contributed by atoms with van der Waals surface area (Å²) >= 11 is 0. The highest BCUT2D eigenvalue weighted by Gasteiger charge is 2.28. The van der Waals surface area contributed by atoms with Gasteiger partial charge >= 0.3 is 0 Å². The highest BCUT2D eigenvalue weighted by atomic mass is 32.2. The summed E-state index contributed by atoms with van der Waals surface area (Å²) in [4.78, 5) is 0.138. The molecule has 0 saturated carbocycles. The number of anilines is 2.